The summed E-state index contributed by atoms with van der Waals surface area (Å²) in [7, 11) is 3.27. The zero-order valence-electron chi connectivity index (χ0n) is 19.0. The van der Waals surface area contributed by atoms with Gasteiger partial charge in [0.2, 0.25) is 0 Å². The van der Waals surface area contributed by atoms with Crippen molar-refractivity contribution in [3.05, 3.63) is 53.6 Å². The molecular formula is C24H35N3O4. The van der Waals surface area contributed by atoms with Crippen LogP contribution >= 0.6 is 0 Å². The van der Waals surface area contributed by atoms with E-state index in [4.69, 9.17) is 14.2 Å². The number of nitrogens with zero attached hydrogens (tertiary/aromatic N) is 1. The van der Waals surface area contributed by atoms with Gasteiger partial charge < -0.3 is 30.0 Å². The monoisotopic (exact) mass is 429 g/mol. The number of methoxy groups -OCH3 is 2. The van der Waals surface area contributed by atoms with Gasteiger partial charge in [-0.2, -0.15) is 0 Å². The van der Waals surface area contributed by atoms with E-state index >= 15 is 0 Å². The molecule has 0 amide bonds. The van der Waals surface area contributed by atoms with Gasteiger partial charge in [-0.25, -0.2) is 0 Å². The molecule has 2 aromatic carbocycles. The lowest BCUT2D eigenvalue weighted by molar-refractivity contribution is 0.187. The number of ether oxygens (including phenoxy) is 3. The second kappa shape index (κ2) is 13.4. The van der Waals surface area contributed by atoms with Crippen LogP contribution in [0.3, 0.4) is 0 Å². The molecule has 0 spiro atoms. The molecule has 0 bridgehead atoms. The third kappa shape index (κ3) is 8.02. The number of benzene rings is 2. The molecule has 0 heterocycles. The quantitative estimate of drug-likeness (QED) is 0.273. The van der Waals surface area contributed by atoms with E-state index in [0.29, 0.717) is 12.6 Å². The Morgan fingerprint density at radius 1 is 1.00 bits per heavy atom. The number of aliphatic hydroxyl groups excluding tert-OH is 1. The molecule has 0 aromatic heterocycles. The number of guanidine groups is 1. The molecule has 170 valence electrons. The van der Waals surface area contributed by atoms with Crippen molar-refractivity contribution in [1.29, 1.82) is 0 Å². The number of aliphatic imine (C=N–C) groups is 1. The minimum Gasteiger partial charge on any atom is -0.497 e. The molecule has 0 saturated carbocycles. The van der Waals surface area contributed by atoms with Crippen molar-refractivity contribution >= 4 is 5.96 Å². The third-order valence-electron chi connectivity index (χ3n) is 4.73. The Morgan fingerprint density at radius 2 is 1.77 bits per heavy atom. The summed E-state index contributed by atoms with van der Waals surface area (Å²) in [6.07, 6.45) is 1.17. The van der Waals surface area contributed by atoms with E-state index in [0.717, 1.165) is 48.7 Å². The fourth-order valence-electron chi connectivity index (χ4n) is 3.10. The Bertz CT molecular complexity index is 809. The average Bonchev–Trinajstić information content (AvgIpc) is 2.80. The van der Waals surface area contributed by atoms with Gasteiger partial charge in [-0.05, 0) is 62.1 Å². The highest BCUT2D eigenvalue weighted by atomic mass is 16.5. The van der Waals surface area contributed by atoms with E-state index in [1.165, 1.54) is 5.56 Å². The van der Waals surface area contributed by atoms with Gasteiger partial charge >= 0.3 is 0 Å². The van der Waals surface area contributed by atoms with Gasteiger partial charge in [0.25, 0.3) is 0 Å². The van der Waals surface area contributed by atoms with E-state index < -0.39 is 6.10 Å². The first-order chi connectivity index (χ1) is 15.1. The first-order valence-electron chi connectivity index (χ1n) is 10.7. The molecule has 3 N–H and O–H groups in total. The van der Waals surface area contributed by atoms with Gasteiger partial charge in [0, 0.05) is 13.1 Å². The lowest BCUT2D eigenvalue weighted by Gasteiger charge is -2.14. The van der Waals surface area contributed by atoms with Crippen molar-refractivity contribution in [1.82, 2.24) is 10.6 Å². The lowest BCUT2D eigenvalue weighted by atomic mass is 10.1. The topological polar surface area (TPSA) is 84.3 Å². The molecule has 7 nitrogen and oxygen atoms in total. The molecule has 0 radical (unpaired) electrons. The van der Waals surface area contributed by atoms with Gasteiger partial charge in [-0.3, -0.25) is 4.99 Å². The number of aliphatic hydroxyl groups is 1. The molecule has 0 aliphatic rings. The second-order valence-electron chi connectivity index (χ2n) is 6.96. The Morgan fingerprint density at radius 3 is 2.42 bits per heavy atom. The van der Waals surface area contributed by atoms with Crippen LogP contribution in [0.2, 0.25) is 0 Å². The fraction of sp³-hybridized carbons (Fsp3) is 0.458. The molecule has 7 heteroatoms. The molecule has 2 rings (SSSR count). The largest absolute Gasteiger partial charge is 0.497 e. The molecule has 0 aliphatic carbocycles. The second-order valence-corrected chi connectivity index (χ2v) is 6.96. The molecule has 0 aliphatic heterocycles. The molecule has 1 unspecified atom stereocenters. The summed E-state index contributed by atoms with van der Waals surface area (Å²) in [5.41, 5.74) is 2.01. The highest BCUT2D eigenvalue weighted by molar-refractivity contribution is 5.79. The van der Waals surface area contributed by atoms with Crippen LogP contribution in [0.1, 0.15) is 37.5 Å². The summed E-state index contributed by atoms with van der Waals surface area (Å²) in [6, 6.07) is 13.4. The highest BCUT2D eigenvalue weighted by Crippen LogP contribution is 2.28. The molecule has 2 aromatic rings. The maximum absolute atomic E-state index is 10.4. The van der Waals surface area contributed by atoms with E-state index in [-0.39, 0.29) is 6.54 Å². The van der Waals surface area contributed by atoms with Crippen LogP contribution in [-0.4, -0.2) is 51.5 Å². The summed E-state index contributed by atoms with van der Waals surface area (Å²) in [6.45, 7) is 6.37. The van der Waals surface area contributed by atoms with Gasteiger partial charge in [0.05, 0.1) is 33.5 Å². The average molecular weight is 430 g/mol. The summed E-state index contributed by atoms with van der Waals surface area (Å²) in [5, 5.41) is 17.0. The smallest absolute Gasteiger partial charge is 0.191 e. The maximum Gasteiger partial charge on any atom is 0.191 e. The molecular weight excluding hydrogens is 394 g/mol. The molecule has 0 fully saturated rings. The van der Waals surface area contributed by atoms with E-state index in [1.54, 1.807) is 14.2 Å². The van der Waals surface area contributed by atoms with Crippen molar-refractivity contribution in [2.24, 2.45) is 4.99 Å². The van der Waals surface area contributed by atoms with E-state index in [9.17, 15) is 5.11 Å². The first-order valence-corrected chi connectivity index (χ1v) is 10.7. The maximum atomic E-state index is 10.4. The number of nitrogens with one attached hydrogen (secondary N) is 2. The van der Waals surface area contributed by atoms with Gasteiger partial charge in [0.15, 0.2) is 17.5 Å². The Kier molecular flexibility index (Phi) is 10.5. The van der Waals surface area contributed by atoms with Crippen molar-refractivity contribution in [2.45, 2.75) is 32.8 Å². The third-order valence-corrected chi connectivity index (χ3v) is 4.73. The van der Waals surface area contributed by atoms with Gasteiger partial charge in [0.1, 0.15) is 5.75 Å². The summed E-state index contributed by atoms with van der Waals surface area (Å²) in [5.74, 6) is 2.98. The van der Waals surface area contributed by atoms with Crippen LogP contribution in [0.5, 0.6) is 17.2 Å². The molecule has 1 atom stereocenters. The highest BCUT2D eigenvalue weighted by Gasteiger charge is 2.08. The zero-order chi connectivity index (χ0) is 22.5. The van der Waals surface area contributed by atoms with Gasteiger partial charge in [-0.1, -0.05) is 18.2 Å². The molecule has 0 saturated heterocycles. The fourth-order valence-corrected chi connectivity index (χ4v) is 3.10. The van der Waals surface area contributed by atoms with Crippen LogP contribution in [0.25, 0.3) is 0 Å². The Balaban J connectivity index is 1.85. The Hall–Kier alpha value is -2.93. The van der Waals surface area contributed by atoms with Crippen molar-refractivity contribution in [3.8, 4) is 17.2 Å². The predicted molar refractivity (Wildman–Crippen MR) is 124 cm³/mol. The summed E-state index contributed by atoms with van der Waals surface area (Å²) >= 11 is 0. The number of hydrogen-bond acceptors (Lipinski definition) is 5. The van der Waals surface area contributed by atoms with Crippen molar-refractivity contribution < 1.29 is 19.3 Å². The van der Waals surface area contributed by atoms with Crippen LogP contribution in [0, 0.1) is 0 Å². The standard InChI is InChI=1S/C24H35N3O4/c1-5-25-24(27-17-21(28)19-10-12-20(29-3)13-11-19)26-15-7-8-18-9-14-22(30-4)23(16-18)31-6-2/h9-14,16,21,28H,5-8,15,17H2,1-4H3,(H2,25,26,27). The van der Waals surface area contributed by atoms with Crippen molar-refractivity contribution in [3.63, 3.8) is 0 Å². The van der Waals surface area contributed by atoms with E-state index in [1.807, 2.05) is 50.2 Å². The van der Waals surface area contributed by atoms with Gasteiger partial charge in [-0.15, -0.1) is 0 Å². The Labute approximate surface area is 185 Å². The number of rotatable bonds is 12. The zero-order valence-corrected chi connectivity index (χ0v) is 19.0. The van der Waals surface area contributed by atoms with Crippen LogP contribution < -0.4 is 24.8 Å². The number of hydrogen-bond donors (Lipinski definition) is 3. The SMILES string of the molecule is CCNC(=NCC(O)c1ccc(OC)cc1)NCCCc1ccc(OC)c(OCC)c1. The van der Waals surface area contributed by atoms with Crippen LogP contribution in [0.4, 0.5) is 0 Å². The minimum absolute atomic E-state index is 0.276. The predicted octanol–water partition coefficient (Wildman–Crippen LogP) is 3.32. The normalized spacial score (nSPS) is 12.2. The summed E-state index contributed by atoms with van der Waals surface area (Å²) < 4.78 is 16.1. The van der Waals surface area contributed by atoms with E-state index in [2.05, 4.69) is 21.7 Å². The van der Waals surface area contributed by atoms with Crippen LogP contribution in [-0.2, 0) is 6.42 Å². The van der Waals surface area contributed by atoms with Crippen LogP contribution in [0.15, 0.2) is 47.5 Å². The minimum atomic E-state index is -0.669. The lowest BCUT2D eigenvalue weighted by Crippen LogP contribution is -2.38. The summed E-state index contributed by atoms with van der Waals surface area (Å²) in [4.78, 5) is 4.51. The first kappa shape index (κ1) is 24.3. The molecule has 31 heavy (non-hydrogen) atoms. The van der Waals surface area contributed by atoms with Crippen molar-refractivity contribution in [2.75, 3.05) is 40.5 Å². The number of aryl methyl sites for hydroxylation is 1.